The van der Waals surface area contributed by atoms with Gasteiger partial charge in [0.05, 0.1) is 6.42 Å². The van der Waals surface area contributed by atoms with Gasteiger partial charge in [0, 0.05) is 122 Å². The third-order valence-corrected chi connectivity index (χ3v) is 39.2. The second-order valence-corrected chi connectivity index (χ2v) is 55.9. The van der Waals surface area contributed by atoms with Crippen LogP contribution >= 0.6 is 0 Å². The van der Waals surface area contributed by atoms with Crippen LogP contribution in [0, 0.1) is 169 Å². The second kappa shape index (κ2) is 58.7. The summed E-state index contributed by atoms with van der Waals surface area (Å²) in [5.74, 6) is 2.59. The molecule has 0 aromatic heterocycles. The highest BCUT2D eigenvalue weighted by Crippen LogP contribution is 2.55. The fourth-order valence-electron chi connectivity index (χ4n) is 31.1. The third-order valence-electron chi connectivity index (χ3n) is 39.2. The maximum Gasteiger partial charge on any atom is 0.206 e. The van der Waals surface area contributed by atoms with Crippen LogP contribution in [0.1, 0.15) is 555 Å². The fraction of sp³-hybridized carbons (Fsp3) is 0.884. The first kappa shape index (κ1) is 121. The van der Waals surface area contributed by atoms with Gasteiger partial charge in [-0.3, -0.25) is 57.5 Å². The van der Waals surface area contributed by atoms with Crippen LogP contribution in [0.15, 0.2) is 12.2 Å². The maximum atomic E-state index is 16.5. The summed E-state index contributed by atoms with van der Waals surface area (Å²) in [4.78, 5) is 191. The molecule has 0 spiro atoms. The van der Waals surface area contributed by atoms with Crippen LogP contribution in [0.25, 0.3) is 0 Å². The van der Waals surface area contributed by atoms with Crippen molar-refractivity contribution < 1.29 is 62.3 Å². The van der Waals surface area contributed by atoms with E-state index in [9.17, 15) is 28.8 Å². The minimum absolute atomic E-state index is 0.0248. The van der Waals surface area contributed by atoms with E-state index in [1.165, 1.54) is 71.1 Å². The van der Waals surface area contributed by atoms with E-state index in [1.807, 2.05) is 0 Å². The van der Waals surface area contributed by atoms with Crippen molar-refractivity contribution in [2.45, 2.75) is 555 Å². The second-order valence-electron chi connectivity index (χ2n) is 55.9. The van der Waals surface area contributed by atoms with Gasteiger partial charge in [0.1, 0.15) is 63.6 Å². The number of allylic oxidation sites excluding steroid dienone is 1. The molecule has 10 aliphatic carbocycles. The summed E-state index contributed by atoms with van der Waals surface area (Å²) in [5, 5.41) is 0. The Hall–Kier alpha value is -4.55. The molecule has 0 saturated heterocycles. The van der Waals surface area contributed by atoms with E-state index >= 15 is 33.6 Å². The lowest BCUT2D eigenvalue weighted by Crippen LogP contribution is -2.39. The molecule has 10 fully saturated rings. The highest BCUT2D eigenvalue weighted by atomic mass is 16.2. The molecule has 142 heavy (non-hydrogen) atoms. The molecule has 808 valence electrons. The average Bonchev–Trinajstić information content (AvgIpc) is 1.33. The lowest BCUT2D eigenvalue weighted by Gasteiger charge is -2.42. The first-order valence-corrected chi connectivity index (χ1v) is 60.6. The van der Waals surface area contributed by atoms with Gasteiger partial charge in [0.25, 0.3) is 0 Å². The monoisotopic (exact) mass is 1970 g/mol. The molecule has 0 amide bonds. The normalized spacial score (nSPS) is 27.6. The Morgan fingerprint density at radius 3 is 1.70 bits per heavy atom. The van der Waals surface area contributed by atoms with Crippen LogP contribution in [0.2, 0.25) is 0 Å². The van der Waals surface area contributed by atoms with Crippen molar-refractivity contribution >= 4 is 75.2 Å². The topological polar surface area (TPSA) is 222 Å². The van der Waals surface area contributed by atoms with Gasteiger partial charge in [-0.15, -0.1) is 0 Å². The lowest BCUT2D eigenvalue weighted by molar-refractivity contribution is -0.142. The van der Waals surface area contributed by atoms with Gasteiger partial charge in [-0.25, -0.2) is 0 Å². The minimum Gasteiger partial charge on any atom is -0.300 e. The number of carbonyl (C=O) groups is 13. The molecule has 0 aromatic carbocycles. The van der Waals surface area contributed by atoms with Crippen LogP contribution in [-0.4, -0.2) is 75.2 Å². The zero-order valence-corrected chi connectivity index (χ0v) is 94.7. The average molecular weight is 1970 g/mol. The van der Waals surface area contributed by atoms with Gasteiger partial charge >= 0.3 is 0 Å². The molecule has 0 aromatic rings. The van der Waals surface area contributed by atoms with Crippen LogP contribution in [0.5, 0.6) is 0 Å². The number of hydrogen-bond donors (Lipinski definition) is 0. The predicted molar refractivity (Wildman–Crippen MR) is 582 cm³/mol. The number of Topliss-reactive ketones (excluding diaryl/α,β-unsaturated/α-hetero) is 13. The molecular weight excluding hydrogens is 1760 g/mol. The van der Waals surface area contributed by atoms with Crippen molar-refractivity contribution in [3.05, 3.63) is 12.2 Å². The molecule has 10 saturated carbocycles. The molecule has 0 heterocycles. The number of carbonyl (C=O) groups excluding carboxylic acids is 13. The van der Waals surface area contributed by atoms with Crippen LogP contribution in [0.3, 0.4) is 0 Å². The largest absolute Gasteiger partial charge is 0.300 e. The summed E-state index contributed by atoms with van der Waals surface area (Å²) >= 11 is 0. The zero-order chi connectivity index (χ0) is 104. The molecular formula is C129H214O13. The van der Waals surface area contributed by atoms with E-state index in [2.05, 4.69) is 96.9 Å². The Balaban J connectivity index is 0.918. The third kappa shape index (κ3) is 41.0. The Kier molecular flexibility index (Phi) is 50.0. The summed E-state index contributed by atoms with van der Waals surface area (Å²) < 4.78 is 0. The van der Waals surface area contributed by atoms with E-state index in [4.69, 9.17) is 6.58 Å². The Morgan fingerprint density at radius 1 is 0.437 bits per heavy atom. The van der Waals surface area contributed by atoms with E-state index in [0.29, 0.717) is 137 Å². The molecule has 13 nitrogen and oxygen atoms in total. The van der Waals surface area contributed by atoms with Crippen molar-refractivity contribution in [3.63, 3.8) is 0 Å². The molecule has 15 unspecified atom stereocenters. The van der Waals surface area contributed by atoms with E-state index in [-0.39, 0.29) is 172 Å². The summed E-state index contributed by atoms with van der Waals surface area (Å²) in [6, 6.07) is 0. The van der Waals surface area contributed by atoms with Crippen LogP contribution < -0.4 is 0 Å². The maximum absolute atomic E-state index is 16.5. The van der Waals surface area contributed by atoms with Gasteiger partial charge in [-0.05, 0) is 305 Å². The quantitative estimate of drug-likeness (QED) is 0.0240. The van der Waals surface area contributed by atoms with Crippen molar-refractivity contribution in [2.75, 3.05) is 0 Å². The van der Waals surface area contributed by atoms with Gasteiger partial charge in [0.15, 0.2) is 0 Å². The highest BCUT2D eigenvalue weighted by molar-refractivity contribution is 6.41. The Bertz CT molecular complexity index is 3990. The molecule has 13 heteroatoms. The smallest absolute Gasteiger partial charge is 0.206 e. The van der Waals surface area contributed by atoms with Gasteiger partial charge in [-0.2, -0.15) is 0 Å². The number of ketones is 13. The molecule has 10 rings (SSSR count). The van der Waals surface area contributed by atoms with Crippen molar-refractivity contribution in [2.24, 2.45) is 169 Å². The molecule has 0 aliphatic heterocycles. The van der Waals surface area contributed by atoms with E-state index in [0.717, 1.165) is 254 Å². The summed E-state index contributed by atoms with van der Waals surface area (Å²) in [6.45, 7) is 43.2. The molecule has 10 aliphatic rings. The standard InChI is InChI=1S/C129H214O13/c1-87(2)83-128(18,19)124(142)101(47-37-49-106(76-105-60-62-114-89(5)39-36-51-115(105)114)118(136)79-103(93(9)131)45-31-35-64-126(13,14)15)48-38-52-116(134)110-75-99-70-98(84-127(16,17)85-99)58-61-113(133)77-107(71-96-55-53-94(54-56-96)40-27-30-50-112(132)78-110)91(7)68-109(74-97-57-59-100-43-28-29-46-104(100)73-97)121(139)86-129(65-33-23-34-66-129)122(140)81-102(44-26-20-21-32-63-125(10,11)12)90(6)67-108(69-92(8)130)119(137)80-111(72-95-41-24-22-25-42-95)123(141)120(138)82-117(135)88(3)4/h87-89,91,94-111,114-115H,6,20-86H2,1-5,7-19H3/t89?,91?,94?,96?,97?,98?,99?,100?,101?,102-,103?,104?,105?,106?,107?,108?,109+,110-,111-,114?,115?/m1/s1. The Labute approximate surface area is 868 Å². The van der Waals surface area contributed by atoms with Gasteiger partial charge in [-0.1, -0.05) is 303 Å². The predicted octanol–water partition coefficient (Wildman–Crippen LogP) is 33.3. The van der Waals surface area contributed by atoms with Gasteiger partial charge < -0.3 is 4.79 Å². The highest BCUT2D eigenvalue weighted by Gasteiger charge is 2.48. The van der Waals surface area contributed by atoms with Crippen molar-refractivity contribution in [1.29, 1.82) is 0 Å². The van der Waals surface area contributed by atoms with Crippen LogP contribution in [-0.2, 0) is 62.3 Å². The molecule has 19 atom stereocenters. The number of hydrogen-bond acceptors (Lipinski definition) is 13. The first-order valence-electron chi connectivity index (χ1n) is 60.6. The number of fused-ring (bicyclic) bond motifs is 16. The molecule has 0 radical (unpaired) electrons. The lowest BCUT2D eigenvalue weighted by atomic mass is 9.62. The summed E-state index contributed by atoms with van der Waals surface area (Å²) in [6.07, 6.45) is 55.3. The van der Waals surface area contributed by atoms with Crippen molar-refractivity contribution in [3.8, 4) is 0 Å². The summed E-state index contributed by atoms with van der Waals surface area (Å²) in [5.41, 5.74) is -0.249. The fourth-order valence-corrected chi connectivity index (χ4v) is 31.1. The molecule has 4 bridgehead atoms. The van der Waals surface area contributed by atoms with E-state index < -0.39 is 52.5 Å². The summed E-state index contributed by atoms with van der Waals surface area (Å²) in [7, 11) is 0. The Morgan fingerprint density at radius 2 is 1.03 bits per heavy atom. The number of rotatable bonds is 55. The molecule has 0 N–H and O–H groups in total. The zero-order valence-electron chi connectivity index (χ0n) is 94.7. The minimum atomic E-state index is -0.883. The number of unbranched alkanes of at least 4 members (excludes halogenated alkanes) is 4. The van der Waals surface area contributed by atoms with Crippen LogP contribution in [0.4, 0.5) is 0 Å². The SMILES string of the molecule is C=C(CC(CC(C)=O)C(=O)C[C@@H](CC1CCCCC1)C(=O)C(=O)CC(=O)C(C)C)[C@H](CCCCCCC(C)(C)C)CC(=O)C1(CC(=O)[C@H](CC2CCC3CCCCC3C2)CC(C)C2CC(=O)CCC3CC(C[C@@H](C(=O)CCCC(CCCC(CC4CCC5C(C)CCCC45)C(=O)CC(CCCCC(C)(C)C)C(C)=O)C(=O)C(C)(C)CC(C)C)CC(=O)CCCCC4CCC(CC4)C2)CC(C)(C)C3)CCCCC1. The first-order chi connectivity index (χ1) is 67.1. The van der Waals surface area contributed by atoms with Gasteiger partial charge in [0.2, 0.25) is 11.6 Å². The van der Waals surface area contributed by atoms with E-state index in [1.54, 1.807) is 20.8 Å². The van der Waals surface area contributed by atoms with Crippen molar-refractivity contribution in [1.82, 2.24) is 0 Å².